The Bertz CT molecular complexity index is 365. The quantitative estimate of drug-likeness (QED) is 0.599. The van der Waals surface area contributed by atoms with Crippen molar-refractivity contribution in [1.82, 2.24) is 15.0 Å². The summed E-state index contributed by atoms with van der Waals surface area (Å²) in [5, 5.41) is 3.30. The van der Waals surface area contributed by atoms with Crippen LogP contribution in [-0.4, -0.2) is 34.6 Å². The lowest BCUT2D eigenvalue weighted by atomic mass is 10.4. The molecule has 1 aromatic rings. The molecular weight excluding hydrogens is 238 g/mol. The molecule has 0 fully saturated rings. The van der Waals surface area contributed by atoms with Crippen molar-refractivity contribution < 1.29 is 0 Å². The van der Waals surface area contributed by atoms with Gasteiger partial charge in [0.05, 0.1) is 0 Å². The Morgan fingerprint density at radius 1 is 1.29 bits per heavy atom. The molecule has 0 aromatic carbocycles. The first-order chi connectivity index (χ1) is 8.21. The lowest BCUT2D eigenvalue weighted by molar-refractivity contribution is 0.811. The van der Waals surface area contributed by atoms with E-state index >= 15 is 0 Å². The van der Waals surface area contributed by atoms with Crippen molar-refractivity contribution >= 4 is 23.5 Å². The van der Waals surface area contributed by atoms with Crippen LogP contribution in [-0.2, 0) is 0 Å². The SMILES string of the molecule is C=CCCNc1nc(Cl)nc(N(CC)CC)n1. The highest BCUT2D eigenvalue weighted by Crippen LogP contribution is 2.13. The minimum absolute atomic E-state index is 0.211. The number of rotatable bonds is 7. The summed E-state index contributed by atoms with van der Waals surface area (Å²) in [4.78, 5) is 14.5. The molecule has 0 aliphatic carbocycles. The van der Waals surface area contributed by atoms with Gasteiger partial charge in [-0.1, -0.05) is 6.08 Å². The third-order valence-electron chi connectivity index (χ3n) is 2.27. The topological polar surface area (TPSA) is 53.9 Å². The van der Waals surface area contributed by atoms with E-state index < -0.39 is 0 Å². The molecule has 94 valence electrons. The molecule has 6 heteroatoms. The Morgan fingerprint density at radius 2 is 2.00 bits per heavy atom. The molecule has 1 aromatic heterocycles. The van der Waals surface area contributed by atoms with Crippen LogP contribution in [0.1, 0.15) is 20.3 Å². The van der Waals surface area contributed by atoms with E-state index in [0.29, 0.717) is 11.9 Å². The van der Waals surface area contributed by atoms with E-state index in [0.717, 1.165) is 26.1 Å². The zero-order valence-corrected chi connectivity index (χ0v) is 11.0. The van der Waals surface area contributed by atoms with Crippen LogP contribution in [0.15, 0.2) is 12.7 Å². The van der Waals surface area contributed by atoms with E-state index in [1.165, 1.54) is 0 Å². The zero-order valence-electron chi connectivity index (χ0n) is 10.3. The predicted octanol–water partition coefficient (Wildman–Crippen LogP) is 2.36. The second kappa shape index (κ2) is 7.06. The summed E-state index contributed by atoms with van der Waals surface area (Å²) >= 11 is 5.87. The number of nitrogens with one attached hydrogen (secondary N) is 1. The van der Waals surface area contributed by atoms with Crippen LogP contribution in [0.3, 0.4) is 0 Å². The highest BCUT2D eigenvalue weighted by Gasteiger charge is 2.09. The second-order valence-electron chi connectivity index (χ2n) is 3.40. The van der Waals surface area contributed by atoms with Gasteiger partial charge in [-0.25, -0.2) is 0 Å². The summed E-state index contributed by atoms with van der Waals surface area (Å²) in [6.07, 6.45) is 2.69. The molecule has 0 spiro atoms. The van der Waals surface area contributed by atoms with Gasteiger partial charge >= 0.3 is 0 Å². The minimum atomic E-state index is 0.211. The molecule has 1 heterocycles. The number of hydrogen-bond donors (Lipinski definition) is 1. The van der Waals surface area contributed by atoms with Gasteiger partial charge in [0, 0.05) is 19.6 Å². The fourth-order valence-electron chi connectivity index (χ4n) is 1.35. The molecular formula is C11H18ClN5. The van der Waals surface area contributed by atoms with Crippen molar-refractivity contribution in [2.75, 3.05) is 29.9 Å². The van der Waals surface area contributed by atoms with Gasteiger partial charge in [0.15, 0.2) is 0 Å². The molecule has 1 N–H and O–H groups in total. The Morgan fingerprint density at radius 3 is 2.59 bits per heavy atom. The van der Waals surface area contributed by atoms with Crippen molar-refractivity contribution in [3.63, 3.8) is 0 Å². The molecule has 0 saturated heterocycles. The lowest BCUT2D eigenvalue weighted by Gasteiger charge is -2.18. The molecule has 0 bridgehead atoms. The second-order valence-corrected chi connectivity index (χ2v) is 3.74. The number of nitrogens with zero attached hydrogens (tertiary/aromatic N) is 4. The van der Waals surface area contributed by atoms with Gasteiger partial charge in [-0.05, 0) is 31.9 Å². The number of aromatic nitrogens is 3. The van der Waals surface area contributed by atoms with Crippen LogP contribution in [0.4, 0.5) is 11.9 Å². The Kier molecular flexibility index (Phi) is 5.69. The molecule has 17 heavy (non-hydrogen) atoms. The molecule has 0 aliphatic heterocycles. The highest BCUT2D eigenvalue weighted by atomic mass is 35.5. The fourth-order valence-corrected chi connectivity index (χ4v) is 1.51. The molecule has 0 amide bonds. The number of hydrogen-bond acceptors (Lipinski definition) is 5. The molecule has 0 saturated carbocycles. The van der Waals surface area contributed by atoms with E-state index in [1.54, 1.807) is 0 Å². The van der Waals surface area contributed by atoms with Crippen LogP contribution in [0, 0.1) is 0 Å². The van der Waals surface area contributed by atoms with Gasteiger partial charge < -0.3 is 10.2 Å². The van der Waals surface area contributed by atoms with Crippen LogP contribution >= 0.6 is 11.6 Å². The van der Waals surface area contributed by atoms with E-state index in [1.807, 2.05) is 24.8 Å². The van der Waals surface area contributed by atoms with Crippen LogP contribution < -0.4 is 10.2 Å². The van der Waals surface area contributed by atoms with Crippen LogP contribution in [0.25, 0.3) is 0 Å². The van der Waals surface area contributed by atoms with Crippen molar-refractivity contribution in [1.29, 1.82) is 0 Å². The van der Waals surface area contributed by atoms with Gasteiger partial charge in [-0.15, -0.1) is 6.58 Å². The van der Waals surface area contributed by atoms with Crippen molar-refractivity contribution in [3.05, 3.63) is 17.9 Å². The van der Waals surface area contributed by atoms with Crippen LogP contribution in [0.2, 0.25) is 5.28 Å². The standard InChI is InChI=1S/C11H18ClN5/c1-4-7-8-13-10-14-9(12)15-11(16-10)17(5-2)6-3/h4H,1,5-8H2,2-3H3,(H,13,14,15,16). The molecule has 1 rings (SSSR count). The highest BCUT2D eigenvalue weighted by molar-refractivity contribution is 6.28. The first kappa shape index (κ1) is 13.7. The Balaban J connectivity index is 2.81. The summed E-state index contributed by atoms with van der Waals surface area (Å²) in [5.74, 6) is 1.12. The summed E-state index contributed by atoms with van der Waals surface area (Å²) in [7, 11) is 0. The van der Waals surface area contributed by atoms with E-state index in [2.05, 4.69) is 26.8 Å². The average Bonchev–Trinajstić information content (AvgIpc) is 2.30. The fraction of sp³-hybridized carbons (Fsp3) is 0.545. The maximum absolute atomic E-state index is 5.87. The molecule has 5 nitrogen and oxygen atoms in total. The van der Waals surface area contributed by atoms with Gasteiger partial charge in [-0.2, -0.15) is 15.0 Å². The zero-order chi connectivity index (χ0) is 12.7. The Labute approximate surface area is 107 Å². The van der Waals surface area contributed by atoms with Crippen molar-refractivity contribution in [2.45, 2.75) is 20.3 Å². The lowest BCUT2D eigenvalue weighted by Crippen LogP contribution is -2.25. The third kappa shape index (κ3) is 4.19. The van der Waals surface area contributed by atoms with Crippen molar-refractivity contribution in [2.24, 2.45) is 0 Å². The molecule has 0 unspecified atom stereocenters. The summed E-state index contributed by atoms with van der Waals surface area (Å²) in [5.41, 5.74) is 0. The maximum Gasteiger partial charge on any atom is 0.231 e. The molecule has 0 aliphatic rings. The summed E-state index contributed by atoms with van der Waals surface area (Å²) in [6.45, 7) is 10.2. The summed E-state index contributed by atoms with van der Waals surface area (Å²) < 4.78 is 0. The first-order valence-corrected chi connectivity index (χ1v) is 6.10. The van der Waals surface area contributed by atoms with E-state index in [9.17, 15) is 0 Å². The molecule has 0 radical (unpaired) electrons. The van der Waals surface area contributed by atoms with Crippen molar-refractivity contribution in [3.8, 4) is 0 Å². The van der Waals surface area contributed by atoms with Gasteiger partial charge in [0.2, 0.25) is 17.2 Å². The number of anilines is 2. The van der Waals surface area contributed by atoms with Crippen LogP contribution in [0.5, 0.6) is 0 Å². The maximum atomic E-state index is 5.87. The minimum Gasteiger partial charge on any atom is -0.354 e. The average molecular weight is 256 g/mol. The van der Waals surface area contributed by atoms with E-state index in [-0.39, 0.29) is 5.28 Å². The monoisotopic (exact) mass is 255 g/mol. The van der Waals surface area contributed by atoms with Gasteiger partial charge in [-0.3, -0.25) is 0 Å². The smallest absolute Gasteiger partial charge is 0.231 e. The number of halogens is 1. The largest absolute Gasteiger partial charge is 0.354 e. The Hall–Kier alpha value is -1.36. The van der Waals surface area contributed by atoms with Gasteiger partial charge in [0.25, 0.3) is 0 Å². The van der Waals surface area contributed by atoms with E-state index in [4.69, 9.17) is 11.6 Å². The normalized spacial score (nSPS) is 10.1. The van der Waals surface area contributed by atoms with Gasteiger partial charge in [0.1, 0.15) is 0 Å². The third-order valence-corrected chi connectivity index (χ3v) is 2.44. The summed E-state index contributed by atoms with van der Waals surface area (Å²) in [6, 6.07) is 0. The predicted molar refractivity (Wildman–Crippen MR) is 71.7 cm³/mol. The first-order valence-electron chi connectivity index (χ1n) is 5.72. The molecule has 0 atom stereocenters.